The standard InChI is InChI=1S/C11H22N4O4/c12-6-2-1-3-7(13)10(17)15-8(11(18)19)4-5-9(14)16/h7-8H,1-6,12-13H2,(H2,14,16)(H,15,17)(H,18,19)/t7-,8-/m0/s1. The molecule has 0 unspecified atom stereocenters. The molecule has 0 bridgehead atoms. The number of carboxylic acid groups (broad SMARTS) is 1. The largest absolute Gasteiger partial charge is 0.480 e. The molecule has 0 spiro atoms. The lowest BCUT2D eigenvalue weighted by molar-refractivity contribution is -0.142. The van der Waals surface area contributed by atoms with Gasteiger partial charge in [0.2, 0.25) is 11.8 Å². The molecular weight excluding hydrogens is 252 g/mol. The molecule has 0 aliphatic carbocycles. The minimum Gasteiger partial charge on any atom is -0.480 e. The molecule has 2 amide bonds. The highest BCUT2D eigenvalue weighted by molar-refractivity contribution is 5.87. The van der Waals surface area contributed by atoms with Crippen molar-refractivity contribution in [1.29, 1.82) is 0 Å². The van der Waals surface area contributed by atoms with Crippen molar-refractivity contribution in [2.24, 2.45) is 17.2 Å². The lowest BCUT2D eigenvalue weighted by atomic mass is 10.1. The van der Waals surface area contributed by atoms with Crippen molar-refractivity contribution in [3.8, 4) is 0 Å². The zero-order chi connectivity index (χ0) is 14.8. The second-order valence-corrected chi connectivity index (χ2v) is 4.30. The van der Waals surface area contributed by atoms with Crippen LogP contribution in [0.25, 0.3) is 0 Å². The summed E-state index contributed by atoms with van der Waals surface area (Å²) in [5.74, 6) is -2.38. The lowest BCUT2D eigenvalue weighted by Crippen LogP contribution is -2.48. The second-order valence-electron chi connectivity index (χ2n) is 4.30. The topological polar surface area (TPSA) is 162 Å². The Labute approximate surface area is 111 Å². The molecule has 0 saturated heterocycles. The van der Waals surface area contributed by atoms with Crippen LogP contribution in [-0.4, -0.2) is 41.5 Å². The summed E-state index contributed by atoms with van der Waals surface area (Å²) in [7, 11) is 0. The normalized spacial score (nSPS) is 13.6. The van der Waals surface area contributed by atoms with E-state index in [-0.39, 0.29) is 12.8 Å². The molecule has 0 aromatic carbocycles. The molecule has 0 rings (SSSR count). The third kappa shape index (κ3) is 8.11. The molecule has 0 fully saturated rings. The average molecular weight is 274 g/mol. The lowest BCUT2D eigenvalue weighted by Gasteiger charge is -2.17. The Kier molecular flexibility index (Phi) is 8.47. The number of carbonyl (C=O) groups excluding carboxylic acids is 2. The van der Waals surface area contributed by atoms with Crippen molar-refractivity contribution in [2.45, 2.75) is 44.2 Å². The SMILES string of the molecule is NCCCC[C@H](N)C(=O)N[C@@H](CCC(N)=O)C(=O)O. The number of aliphatic carboxylic acids is 1. The highest BCUT2D eigenvalue weighted by Gasteiger charge is 2.23. The van der Waals surface area contributed by atoms with Crippen LogP contribution < -0.4 is 22.5 Å². The monoisotopic (exact) mass is 274 g/mol. The second kappa shape index (κ2) is 9.29. The number of rotatable bonds is 10. The molecule has 8 heteroatoms. The Hall–Kier alpha value is -1.67. The first-order chi connectivity index (χ1) is 8.88. The Morgan fingerprint density at radius 2 is 1.79 bits per heavy atom. The third-order valence-corrected chi connectivity index (χ3v) is 2.60. The molecule has 110 valence electrons. The highest BCUT2D eigenvalue weighted by Crippen LogP contribution is 2.01. The Morgan fingerprint density at radius 1 is 1.16 bits per heavy atom. The first-order valence-electron chi connectivity index (χ1n) is 6.15. The maximum absolute atomic E-state index is 11.6. The van der Waals surface area contributed by atoms with E-state index in [1.807, 2.05) is 0 Å². The summed E-state index contributed by atoms with van der Waals surface area (Å²) in [4.78, 5) is 33.2. The van der Waals surface area contributed by atoms with Gasteiger partial charge in [0.25, 0.3) is 0 Å². The summed E-state index contributed by atoms with van der Waals surface area (Å²) in [6.07, 6.45) is 1.73. The summed E-state index contributed by atoms with van der Waals surface area (Å²) < 4.78 is 0. The molecule has 0 heterocycles. The Balaban J connectivity index is 4.22. The third-order valence-electron chi connectivity index (χ3n) is 2.60. The summed E-state index contributed by atoms with van der Waals surface area (Å²) in [6, 6.07) is -1.93. The molecule has 2 atom stereocenters. The first-order valence-corrected chi connectivity index (χ1v) is 6.15. The van der Waals surface area contributed by atoms with Gasteiger partial charge in [-0.3, -0.25) is 9.59 Å². The van der Waals surface area contributed by atoms with Crippen LogP contribution >= 0.6 is 0 Å². The van der Waals surface area contributed by atoms with Crippen molar-refractivity contribution in [3.63, 3.8) is 0 Å². The van der Waals surface area contributed by atoms with Crippen LogP contribution in [0.1, 0.15) is 32.1 Å². The van der Waals surface area contributed by atoms with Crippen molar-refractivity contribution >= 4 is 17.8 Å². The predicted octanol–water partition coefficient (Wildman–Crippen LogP) is -1.72. The number of hydrogen-bond acceptors (Lipinski definition) is 5. The first kappa shape index (κ1) is 17.3. The van der Waals surface area contributed by atoms with Crippen LogP contribution in [0.2, 0.25) is 0 Å². The van der Waals surface area contributed by atoms with Gasteiger partial charge >= 0.3 is 5.97 Å². The average Bonchev–Trinajstić information content (AvgIpc) is 2.33. The number of primary amides is 1. The molecule has 0 radical (unpaired) electrons. The highest BCUT2D eigenvalue weighted by atomic mass is 16.4. The molecule has 0 saturated carbocycles. The van der Waals surface area contributed by atoms with Crippen molar-refractivity contribution in [2.75, 3.05) is 6.54 Å². The molecular formula is C11H22N4O4. The van der Waals surface area contributed by atoms with Crippen LogP contribution in [0, 0.1) is 0 Å². The van der Waals surface area contributed by atoms with Gasteiger partial charge in [-0.2, -0.15) is 0 Å². The summed E-state index contributed by atoms with van der Waals surface area (Å²) in [5, 5.41) is 11.2. The van der Waals surface area contributed by atoms with Crippen LogP contribution in [0.15, 0.2) is 0 Å². The summed E-state index contributed by atoms with van der Waals surface area (Å²) in [5.41, 5.74) is 15.9. The maximum Gasteiger partial charge on any atom is 0.326 e. The van der Waals surface area contributed by atoms with Gasteiger partial charge in [-0.25, -0.2) is 4.79 Å². The zero-order valence-electron chi connectivity index (χ0n) is 10.8. The van der Waals surface area contributed by atoms with E-state index in [0.29, 0.717) is 19.4 Å². The molecule has 0 aromatic rings. The molecule has 8 N–H and O–H groups in total. The Morgan fingerprint density at radius 3 is 2.26 bits per heavy atom. The van der Waals surface area contributed by atoms with Gasteiger partial charge in [0.1, 0.15) is 6.04 Å². The molecule has 0 aliphatic rings. The van der Waals surface area contributed by atoms with E-state index in [1.165, 1.54) is 0 Å². The smallest absolute Gasteiger partial charge is 0.326 e. The van der Waals surface area contributed by atoms with E-state index in [9.17, 15) is 14.4 Å². The fourth-order valence-corrected chi connectivity index (χ4v) is 1.46. The number of carbonyl (C=O) groups is 3. The number of nitrogens with one attached hydrogen (secondary N) is 1. The zero-order valence-corrected chi connectivity index (χ0v) is 10.8. The van der Waals surface area contributed by atoms with Gasteiger partial charge in [0, 0.05) is 6.42 Å². The summed E-state index contributed by atoms with van der Waals surface area (Å²) in [6.45, 7) is 0.519. The fourth-order valence-electron chi connectivity index (χ4n) is 1.46. The number of nitrogens with two attached hydrogens (primary N) is 3. The fraction of sp³-hybridized carbons (Fsp3) is 0.727. The minimum absolute atomic E-state index is 0.0497. The van der Waals surface area contributed by atoms with Gasteiger partial charge in [0.15, 0.2) is 0 Å². The van der Waals surface area contributed by atoms with E-state index in [1.54, 1.807) is 0 Å². The van der Waals surface area contributed by atoms with Gasteiger partial charge < -0.3 is 27.6 Å². The van der Waals surface area contributed by atoms with E-state index >= 15 is 0 Å². The molecule has 8 nitrogen and oxygen atoms in total. The van der Waals surface area contributed by atoms with Gasteiger partial charge in [-0.1, -0.05) is 6.42 Å². The van der Waals surface area contributed by atoms with E-state index < -0.39 is 29.9 Å². The van der Waals surface area contributed by atoms with E-state index in [2.05, 4.69) is 5.32 Å². The quantitative estimate of drug-likeness (QED) is 0.297. The number of hydrogen-bond donors (Lipinski definition) is 5. The van der Waals surface area contributed by atoms with Crippen LogP contribution in [-0.2, 0) is 14.4 Å². The van der Waals surface area contributed by atoms with Gasteiger partial charge in [0.05, 0.1) is 6.04 Å². The number of amides is 2. The number of unbranched alkanes of at least 4 members (excludes halogenated alkanes) is 1. The van der Waals surface area contributed by atoms with Gasteiger partial charge in [-0.05, 0) is 25.8 Å². The van der Waals surface area contributed by atoms with Crippen LogP contribution in [0.3, 0.4) is 0 Å². The molecule has 0 aliphatic heterocycles. The number of carboxylic acids is 1. The van der Waals surface area contributed by atoms with E-state index in [0.717, 1.165) is 6.42 Å². The van der Waals surface area contributed by atoms with Crippen LogP contribution in [0.5, 0.6) is 0 Å². The van der Waals surface area contributed by atoms with Gasteiger partial charge in [-0.15, -0.1) is 0 Å². The van der Waals surface area contributed by atoms with E-state index in [4.69, 9.17) is 22.3 Å². The molecule has 0 aromatic heterocycles. The maximum atomic E-state index is 11.6. The van der Waals surface area contributed by atoms with Crippen LogP contribution in [0.4, 0.5) is 0 Å². The van der Waals surface area contributed by atoms with Crippen molar-refractivity contribution in [1.82, 2.24) is 5.32 Å². The van der Waals surface area contributed by atoms with Crippen molar-refractivity contribution < 1.29 is 19.5 Å². The molecule has 19 heavy (non-hydrogen) atoms. The van der Waals surface area contributed by atoms with Crippen molar-refractivity contribution in [3.05, 3.63) is 0 Å². The minimum atomic E-state index is -1.22. The predicted molar refractivity (Wildman–Crippen MR) is 68.9 cm³/mol. The summed E-state index contributed by atoms with van der Waals surface area (Å²) >= 11 is 0. The Bertz CT molecular complexity index is 322.